The van der Waals surface area contributed by atoms with E-state index in [1.165, 1.54) is 6.26 Å². The number of rotatable bonds is 8. The highest BCUT2D eigenvalue weighted by Gasteiger charge is 2.12. The van der Waals surface area contributed by atoms with Crippen molar-refractivity contribution in [2.24, 2.45) is 0 Å². The first-order valence-electron chi connectivity index (χ1n) is 9.16. The molecule has 30 heavy (non-hydrogen) atoms. The number of furan rings is 1. The van der Waals surface area contributed by atoms with Gasteiger partial charge in [0.25, 0.3) is 0 Å². The number of carbonyl (C=O) groups is 2. The van der Waals surface area contributed by atoms with Crippen LogP contribution < -0.4 is 20.3 Å². The molecule has 0 aliphatic carbocycles. The van der Waals surface area contributed by atoms with E-state index in [4.69, 9.17) is 37.1 Å². The molecule has 3 rings (SSSR count). The zero-order chi connectivity index (χ0) is 21.5. The average Bonchev–Trinajstić information content (AvgIpc) is 3.12. The lowest BCUT2D eigenvalue weighted by Crippen LogP contribution is -2.42. The highest BCUT2D eigenvalue weighted by atomic mass is 35.5. The van der Waals surface area contributed by atoms with E-state index < -0.39 is 0 Å². The van der Waals surface area contributed by atoms with Gasteiger partial charge < -0.3 is 13.9 Å². The van der Waals surface area contributed by atoms with Gasteiger partial charge in [0.2, 0.25) is 11.8 Å². The predicted octanol–water partition coefficient (Wildman–Crippen LogP) is 4.30. The molecule has 7 nitrogen and oxygen atoms in total. The Morgan fingerprint density at radius 3 is 2.63 bits per heavy atom. The summed E-state index contributed by atoms with van der Waals surface area (Å²) in [5.41, 5.74) is 6.13. The topological polar surface area (TPSA) is 89.8 Å². The lowest BCUT2D eigenvalue weighted by molar-refractivity contribution is -0.128. The van der Waals surface area contributed by atoms with Gasteiger partial charge in [0.1, 0.15) is 17.1 Å². The van der Waals surface area contributed by atoms with Crippen molar-refractivity contribution in [3.05, 3.63) is 58.3 Å². The van der Waals surface area contributed by atoms with Crippen LogP contribution in [0, 0.1) is 0 Å². The van der Waals surface area contributed by atoms with E-state index in [0.717, 1.165) is 5.39 Å². The van der Waals surface area contributed by atoms with Crippen LogP contribution in [0.5, 0.6) is 11.5 Å². The van der Waals surface area contributed by atoms with E-state index in [9.17, 15) is 9.59 Å². The van der Waals surface area contributed by atoms with Crippen molar-refractivity contribution < 1.29 is 23.5 Å². The Morgan fingerprint density at radius 1 is 1.07 bits per heavy atom. The Morgan fingerprint density at radius 2 is 1.87 bits per heavy atom. The standard InChI is InChI=1S/C21H20Cl2N2O5/c1-28-15-5-6-16-13(12-30-19(16)11-15)9-21(27)25-24-20(26)3-2-8-29-18-7-4-14(22)10-17(18)23/h4-7,10-12H,2-3,8-9H2,1H3,(H,24,26)(H,25,27). The van der Waals surface area contributed by atoms with E-state index in [1.807, 2.05) is 6.07 Å². The quantitative estimate of drug-likeness (QED) is 0.394. The zero-order valence-electron chi connectivity index (χ0n) is 16.2. The molecule has 0 fully saturated rings. The van der Waals surface area contributed by atoms with Gasteiger partial charge in [-0.1, -0.05) is 23.2 Å². The van der Waals surface area contributed by atoms with Gasteiger partial charge in [0, 0.05) is 28.5 Å². The summed E-state index contributed by atoms with van der Waals surface area (Å²) in [6.45, 7) is 0.299. The number of ether oxygens (including phenoxy) is 2. The highest BCUT2D eigenvalue weighted by molar-refractivity contribution is 6.35. The van der Waals surface area contributed by atoms with Gasteiger partial charge in [-0.2, -0.15) is 0 Å². The Bertz CT molecular complexity index is 1050. The van der Waals surface area contributed by atoms with Crippen LogP contribution in [-0.2, 0) is 16.0 Å². The van der Waals surface area contributed by atoms with E-state index >= 15 is 0 Å². The van der Waals surface area contributed by atoms with Crippen LogP contribution in [0.3, 0.4) is 0 Å². The van der Waals surface area contributed by atoms with Crippen molar-refractivity contribution in [2.45, 2.75) is 19.3 Å². The first kappa shape index (κ1) is 21.8. The molecule has 2 N–H and O–H groups in total. The third-order valence-electron chi connectivity index (χ3n) is 4.25. The number of halogens is 2. The average molecular weight is 451 g/mol. The zero-order valence-corrected chi connectivity index (χ0v) is 17.7. The summed E-state index contributed by atoms with van der Waals surface area (Å²) in [6, 6.07) is 10.3. The first-order chi connectivity index (χ1) is 14.5. The van der Waals surface area contributed by atoms with Gasteiger partial charge in [0.15, 0.2) is 0 Å². The van der Waals surface area contributed by atoms with Gasteiger partial charge in [-0.25, -0.2) is 0 Å². The molecule has 3 aromatic rings. The number of amides is 2. The van der Waals surface area contributed by atoms with Crippen LogP contribution in [0.2, 0.25) is 10.0 Å². The normalized spacial score (nSPS) is 10.6. The molecular formula is C21H20Cl2N2O5. The summed E-state index contributed by atoms with van der Waals surface area (Å²) in [7, 11) is 1.57. The number of hydrogen-bond donors (Lipinski definition) is 2. The molecule has 158 valence electrons. The van der Waals surface area contributed by atoms with Crippen molar-refractivity contribution in [3.63, 3.8) is 0 Å². The van der Waals surface area contributed by atoms with Crippen molar-refractivity contribution in [2.75, 3.05) is 13.7 Å². The van der Waals surface area contributed by atoms with Gasteiger partial charge >= 0.3 is 0 Å². The summed E-state index contributed by atoms with van der Waals surface area (Å²) in [5, 5.41) is 1.74. The lowest BCUT2D eigenvalue weighted by atomic mass is 10.1. The van der Waals surface area contributed by atoms with Gasteiger partial charge in [-0.3, -0.25) is 20.4 Å². The van der Waals surface area contributed by atoms with Crippen LogP contribution in [0.1, 0.15) is 18.4 Å². The van der Waals surface area contributed by atoms with Crippen molar-refractivity contribution in [1.29, 1.82) is 0 Å². The largest absolute Gasteiger partial charge is 0.497 e. The molecular weight excluding hydrogens is 431 g/mol. The van der Waals surface area contributed by atoms with Gasteiger partial charge in [0.05, 0.1) is 31.4 Å². The monoisotopic (exact) mass is 450 g/mol. The number of fused-ring (bicyclic) bond motifs is 1. The minimum Gasteiger partial charge on any atom is -0.497 e. The number of methoxy groups -OCH3 is 1. The number of carbonyl (C=O) groups excluding carboxylic acids is 2. The third kappa shape index (κ3) is 5.81. The molecule has 0 aliphatic heterocycles. The molecule has 0 saturated carbocycles. The maximum absolute atomic E-state index is 12.1. The summed E-state index contributed by atoms with van der Waals surface area (Å²) in [6.07, 6.45) is 2.22. The van der Waals surface area contributed by atoms with Crippen molar-refractivity contribution in [1.82, 2.24) is 10.9 Å². The van der Waals surface area contributed by atoms with Crippen LogP contribution in [-0.4, -0.2) is 25.5 Å². The Hall–Kier alpha value is -2.90. The molecule has 2 aromatic carbocycles. The number of hydrazine groups is 1. The molecule has 0 spiro atoms. The molecule has 0 radical (unpaired) electrons. The Balaban J connectivity index is 1.39. The van der Waals surface area contributed by atoms with E-state index in [1.54, 1.807) is 37.4 Å². The van der Waals surface area contributed by atoms with Crippen molar-refractivity contribution >= 4 is 46.0 Å². The summed E-state index contributed by atoms with van der Waals surface area (Å²) < 4.78 is 16.1. The minimum absolute atomic E-state index is 0.0672. The van der Waals surface area contributed by atoms with Crippen LogP contribution in [0.4, 0.5) is 0 Å². The fraction of sp³-hybridized carbons (Fsp3) is 0.238. The second-order valence-electron chi connectivity index (χ2n) is 6.42. The fourth-order valence-electron chi connectivity index (χ4n) is 2.75. The lowest BCUT2D eigenvalue weighted by Gasteiger charge is -2.09. The summed E-state index contributed by atoms with van der Waals surface area (Å²) >= 11 is 11.8. The van der Waals surface area contributed by atoms with E-state index in [-0.39, 0.29) is 24.7 Å². The minimum atomic E-state index is -0.355. The van der Waals surface area contributed by atoms with Crippen LogP contribution in [0.25, 0.3) is 11.0 Å². The van der Waals surface area contributed by atoms with E-state index in [2.05, 4.69) is 10.9 Å². The molecule has 0 aliphatic rings. The SMILES string of the molecule is COc1ccc2c(CC(=O)NNC(=O)CCCOc3ccc(Cl)cc3Cl)coc2c1. The number of nitrogens with one attached hydrogen (secondary N) is 2. The molecule has 1 heterocycles. The van der Waals surface area contributed by atoms with Crippen LogP contribution >= 0.6 is 23.2 Å². The maximum atomic E-state index is 12.1. The molecule has 1 aromatic heterocycles. The third-order valence-corrected chi connectivity index (χ3v) is 4.79. The number of hydrogen-bond acceptors (Lipinski definition) is 5. The molecule has 0 atom stereocenters. The van der Waals surface area contributed by atoms with Gasteiger partial charge in [-0.15, -0.1) is 0 Å². The van der Waals surface area contributed by atoms with Crippen molar-refractivity contribution in [3.8, 4) is 11.5 Å². The Kier molecular flexibility index (Phi) is 7.43. The molecule has 9 heteroatoms. The number of benzene rings is 2. The van der Waals surface area contributed by atoms with Gasteiger partial charge in [-0.05, 0) is 36.8 Å². The summed E-state index contributed by atoms with van der Waals surface area (Å²) in [5.74, 6) is 0.490. The molecule has 0 unspecified atom stereocenters. The fourth-order valence-corrected chi connectivity index (χ4v) is 3.22. The molecule has 2 amide bonds. The predicted molar refractivity (Wildman–Crippen MR) is 114 cm³/mol. The van der Waals surface area contributed by atoms with Crippen LogP contribution in [0.15, 0.2) is 47.1 Å². The first-order valence-corrected chi connectivity index (χ1v) is 9.91. The molecule has 0 bridgehead atoms. The molecule has 0 saturated heterocycles. The summed E-state index contributed by atoms with van der Waals surface area (Å²) in [4.78, 5) is 24.0. The second kappa shape index (κ2) is 10.2. The maximum Gasteiger partial charge on any atom is 0.242 e. The highest BCUT2D eigenvalue weighted by Crippen LogP contribution is 2.28. The second-order valence-corrected chi connectivity index (χ2v) is 7.27. The smallest absolute Gasteiger partial charge is 0.242 e. The Labute approximate surface area is 183 Å². The van der Waals surface area contributed by atoms with E-state index in [0.29, 0.717) is 45.7 Å².